The van der Waals surface area contributed by atoms with Crippen LogP contribution in [0.5, 0.6) is 0 Å². The maximum absolute atomic E-state index is 11.9. The van der Waals surface area contributed by atoms with E-state index < -0.39 is 0 Å². The van der Waals surface area contributed by atoms with Crippen molar-refractivity contribution in [3.8, 4) is 0 Å². The molecule has 0 aromatic rings. The molecule has 88 valence electrons. The first-order chi connectivity index (χ1) is 7.05. The van der Waals surface area contributed by atoms with E-state index in [0.717, 1.165) is 12.8 Å². The molecule has 0 heterocycles. The highest BCUT2D eigenvalue weighted by Gasteiger charge is 2.48. The van der Waals surface area contributed by atoms with Crippen molar-refractivity contribution in [2.24, 2.45) is 17.1 Å². The standard InChI is InChI=1S/C11H22N2O2/c1-8(2)9(6-15-3)13-10(14)11(7-12)4-5-11/h8-9H,4-7,12H2,1-3H3,(H,13,14). The lowest BCUT2D eigenvalue weighted by atomic mass is 10.0. The van der Waals surface area contributed by atoms with Crippen molar-refractivity contribution in [1.82, 2.24) is 5.32 Å². The first kappa shape index (κ1) is 12.5. The lowest BCUT2D eigenvalue weighted by Gasteiger charge is -2.24. The Morgan fingerprint density at radius 2 is 2.13 bits per heavy atom. The molecule has 0 radical (unpaired) electrons. The lowest BCUT2D eigenvalue weighted by molar-refractivity contribution is -0.127. The molecule has 1 fully saturated rings. The van der Waals surface area contributed by atoms with Crippen LogP contribution in [0.4, 0.5) is 0 Å². The van der Waals surface area contributed by atoms with Gasteiger partial charge in [-0.15, -0.1) is 0 Å². The van der Waals surface area contributed by atoms with Crippen molar-refractivity contribution in [2.75, 3.05) is 20.3 Å². The van der Waals surface area contributed by atoms with E-state index in [1.807, 2.05) is 0 Å². The fraction of sp³-hybridized carbons (Fsp3) is 0.909. The average Bonchev–Trinajstić information content (AvgIpc) is 2.97. The summed E-state index contributed by atoms with van der Waals surface area (Å²) in [6.07, 6.45) is 1.85. The molecular weight excluding hydrogens is 192 g/mol. The molecule has 1 atom stereocenters. The third kappa shape index (κ3) is 2.92. The second kappa shape index (κ2) is 4.94. The minimum absolute atomic E-state index is 0.0894. The number of methoxy groups -OCH3 is 1. The fourth-order valence-electron chi connectivity index (χ4n) is 1.58. The Hall–Kier alpha value is -0.610. The molecule has 0 spiro atoms. The quantitative estimate of drug-likeness (QED) is 0.677. The van der Waals surface area contributed by atoms with Gasteiger partial charge in [-0.05, 0) is 18.8 Å². The second-order valence-corrected chi connectivity index (χ2v) is 4.76. The first-order valence-electron chi connectivity index (χ1n) is 5.55. The van der Waals surface area contributed by atoms with Gasteiger partial charge in [-0.25, -0.2) is 0 Å². The van der Waals surface area contributed by atoms with Crippen molar-refractivity contribution < 1.29 is 9.53 Å². The molecule has 1 aliphatic carbocycles. The van der Waals surface area contributed by atoms with Crippen molar-refractivity contribution >= 4 is 5.91 Å². The van der Waals surface area contributed by atoms with Crippen molar-refractivity contribution in [1.29, 1.82) is 0 Å². The molecular formula is C11H22N2O2. The van der Waals surface area contributed by atoms with Gasteiger partial charge in [-0.3, -0.25) is 4.79 Å². The van der Waals surface area contributed by atoms with E-state index in [1.54, 1.807) is 7.11 Å². The van der Waals surface area contributed by atoms with Crippen LogP contribution in [0.25, 0.3) is 0 Å². The highest BCUT2D eigenvalue weighted by Crippen LogP contribution is 2.44. The Labute approximate surface area is 91.5 Å². The van der Waals surface area contributed by atoms with Gasteiger partial charge in [0.15, 0.2) is 0 Å². The molecule has 15 heavy (non-hydrogen) atoms. The van der Waals surface area contributed by atoms with Crippen LogP contribution in [0.3, 0.4) is 0 Å². The minimum Gasteiger partial charge on any atom is -0.383 e. The molecule has 0 saturated heterocycles. The van der Waals surface area contributed by atoms with E-state index in [1.165, 1.54) is 0 Å². The number of ether oxygens (including phenoxy) is 1. The number of carbonyl (C=O) groups is 1. The molecule has 0 aliphatic heterocycles. The average molecular weight is 214 g/mol. The molecule has 4 nitrogen and oxygen atoms in total. The van der Waals surface area contributed by atoms with Crippen molar-refractivity contribution in [2.45, 2.75) is 32.7 Å². The Bertz CT molecular complexity index is 225. The maximum atomic E-state index is 11.9. The van der Waals surface area contributed by atoms with E-state index in [4.69, 9.17) is 10.5 Å². The van der Waals surface area contributed by atoms with E-state index in [9.17, 15) is 4.79 Å². The summed E-state index contributed by atoms with van der Waals surface area (Å²) in [4.78, 5) is 11.9. The second-order valence-electron chi connectivity index (χ2n) is 4.76. The van der Waals surface area contributed by atoms with Crippen LogP contribution in [0, 0.1) is 11.3 Å². The highest BCUT2D eigenvalue weighted by atomic mass is 16.5. The summed E-state index contributed by atoms with van der Waals surface area (Å²) in [5.74, 6) is 0.475. The van der Waals surface area contributed by atoms with Crippen LogP contribution in [0.1, 0.15) is 26.7 Å². The van der Waals surface area contributed by atoms with Gasteiger partial charge in [-0.2, -0.15) is 0 Å². The van der Waals surface area contributed by atoms with Gasteiger partial charge in [-0.1, -0.05) is 13.8 Å². The molecule has 1 saturated carbocycles. The number of hydrogen-bond acceptors (Lipinski definition) is 3. The topological polar surface area (TPSA) is 64.3 Å². The van der Waals surface area contributed by atoms with Gasteiger partial charge < -0.3 is 15.8 Å². The van der Waals surface area contributed by atoms with Gasteiger partial charge in [0.05, 0.1) is 18.1 Å². The number of nitrogens with two attached hydrogens (primary N) is 1. The normalized spacial score (nSPS) is 20.1. The Kier molecular flexibility index (Phi) is 4.11. The molecule has 0 aromatic carbocycles. The smallest absolute Gasteiger partial charge is 0.227 e. The molecule has 1 unspecified atom stereocenters. The number of carbonyl (C=O) groups excluding carboxylic acids is 1. The van der Waals surface area contributed by atoms with Gasteiger partial charge in [0, 0.05) is 13.7 Å². The van der Waals surface area contributed by atoms with Crippen LogP contribution in [-0.4, -0.2) is 32.2 Å². The van der Waals surface area contributed by atoms with Gasteiger partial charge in [0.1, 0.15) is 0 Å². The number of hydrogen-bond donors (Lipinski definition) is 2. The predicted molar refractivity (Wildman–Crippen MR) is 59.4 cm³/mol. The zero-order chi connectivity index (χ0) is 11.5. The lowest BCUT2D eigenvalue weighted by Crippen LogP contribution is -2.46. The van der Waals surface area contributed by atoms with E-state index in [0.29, 0.717) is 19.1 Å². The van der Waals surface area contributed by atoms with Crippen LogP contribution < -0.4 is 11.1 Å². The van der Waals surface area contributed by atoms with Crippen LogP contribution >= 0.6 is 0 Å². The fourth-order valence-corrected chi connectivity index (χ4v) is 1.58. The van der Waals surface area contributed by atoms with Gasteiger partial charge >= 0.3 is 0 Å². The van der Waals surface area contributed by atoms with Crippen LogP contribution in [0.15, 0.2) is 0 Å². The third-order valence-corrected chi connectivity index (χ3v) is 3.19. The third-order valence-electron chi connectivity index (χ3n) is 3.19. The zero-order valence-electron chi connectivity index (χ0n) is 9.88. The summed E-state index contributed by atoms with van der Waals surface area (Å²) >= 11 is 0. The molecule has 0 bridgehead atoms. The van der Waals surface area contributed by atoms with Gasteiger partial charge in [0.2, 0.25) is 5.91 Å². The summed E-state index contributed by atoms with van der Waals surface area (Å²) in [5.41, 5.74) is 5.34. The van der Waals surface area contributed by atoms with E-state index in [2.05, 4.69) is 19.2 Å². The zero-order valence-corrected chi connectivity index (χ0v) is 9.88. The molecule has 1 aliphatic rings. The largest absolute Gasteiger partial charge is 0.383 e. The van der Waals surface area contributed by atoms with E-state index >= 15 is 0 Å². The molecule has 1 rings (SSSR count). The number of nitrogens with one attached hydrogen (secondary N) is 1. The maximum Gasteiger partial charge on any atom is 0.227 e. The van der Waals surface area contributed by atoms with Crippen molar-refractivity contribution in [3.05, 3.63) is 0 Å². The highest BCUT2D eigenvalue weighted by molar-refractivity contribution is 5.85. The molecule has 3 N–H and O–H groups in total. The van der Waals surface area contributed by atoms with E-state index in [-0.39, 0.29) is 17.4 Å². The Morgan fingerprint density at radius 3 is 2.47 bits per heavy atom. The van der Waals surface area contributed by atoms with Crippen LogP contribution in [0.2, 0.25) is 0 Å². The minimum atomic E-state index is -0.263. The molecule has 4 heteroatoms. The SMILES string of the molecule is COCC(NC(=O)C1(CN)CC1)C(C)C. The number of rotatable bonds is 6. The van der Waals surface area contributed by atoms with Gasteiger partial charge in [0.25, 0.3) is 0 Å². The summed E-state index contributed by atoms with van der Waals surface area (Å²) in [7, 11) is 1.65. The van der Waals surface area contributed by atoms with Crippen LogP contribution in [-0.2, 0) is 9.53 Å². The Balaban J connectivity index is 2.47. The number of amides is 1. The predicted octanol–water partition coefficient (Wildman–Crippen LogP) is 0.513. The summed E-state index contributed by atoms with van der Waals surface area (Å²) < 4.78 is 5.09. The first-order valence-corrected chi connectivity index (χ1v) is 5.55. The summed E-state index contributed by atoms with van der Waals surface area (Å²) in [6, 6.07) is 0.0894. The summed E-state index contributed by atoms with van der Waals surface area (Å²) in [6.45, 7) is 5.17. The summed E-state index contributed by atoms with van der Waals surface area (Å²) in [5, 5.41) is 3.03. The monoisotopic (exact) mass is 214 g/mol. The van der Waals surface area contributed by atoms with Crippen molar-refractivity contribution in [3.63, 3.8) is 0 Å². The molecule has 1 amide bonds. The molecule has 0 aromatic heterocycles. The Morgan fingerprint density at radius 1 is 1.53 bits per heavy atom.